The highest BCUT2D eigenvalue weighted by Gasteiger charge is 2.04. The lowest BCUT2D eigenvalue weighted by Crippen LogP contribution is -2.39. The first kappa shape index (κ1) is 14.2. The molecule has 2 aromatic heterocycles. The molecular formula is C14H18N4O2. The number of nitrogens with zero attached hydrogens (tertiary/aromatic N) is 3. The van der Waals surface area contributed by atoms with Gasteiger partial charge in [-0.25, -0.2) is 4.79 Å². The molecule has 0 spiro atoms. The van der Waals surface area contributed by atoms with Crippen molar-refractivity contribution >= 4 is 0 Å². The van der Waals surface area contributed by atoms with E-state index in [4.69, 9.17) is 5.73 Å². The van der Waals surface area contributed by atoms with E-state index in [0.717, 1.165) is 12.0 Å². The van der Waals surface area contributed by atoms with E-state index in [-0.39, 0.29) is 11.2 Å². The second-order valence-corrected chi connectivity index (χ2v) is 4.53. The number of pyridine rings is 1. The first-order chi connectivity index (χ1) is 9.72. The van der Waals surface area contributed by atoms with Gasteiger partial charge in [0, 0.05) is 37.7 Å². The third-order valence-corrected chi connectivity index (χ3v) is 3.12. The van der Waals surface area contributed by atoms with Crippen molar-refractivity contribution in [1.29, 1.82) is 0 Å². The maximum Gasteiger partial charge on any atom is 0.330 e. The van der Waals surface area contributed by atoms with Gasteiger partial charge < -0.3 is 10.3 Å². The van der Waals surface area contributed by atoms with Crippen molar-refractivity contribution in [2.45, 2.75) is 25.9 Å². The van der Waals surface area contributed by atoms with Crippen LogP contribution in [0.1, 0.15) is 12.0 Å². The van der Waals surface area contributed by atoms with E-state index in [1.54, 1.807) is 23.2 Å². The lowest BCUT2D eigenvalue weighted by Gasteiger charge is -2.09. The van der Waals surface area contributed by atoms with E-state index in [9.17, 15) is 9.59 Å². The molecule has 0 amide bonds. The summed E-state index contributed by atoms with van der Waals surface area (Å²) in [4.78, 5) is 27.8. The molecule has 6 heteroatoms. The Morgan fingerprint density at radius 1 is 1.10 bits per heavy atom. The van der Waals surface area contributed by atoms with E-state index in [1.165, 1.54) is 10.6 Å². The van der Waals surface area contributed by atoms with Gasteiger partial charge in [0.2, 0.25) is 0 Å². The van der Waals surface area contributed by atoms with Crippen LogP contribution in [0, 0.1) is 0 Å². The molecule has 0 bridgehead atoms. The van der Waals surface area contributed by atoms with Gasteiger partial charge in [0.05, 0.1) is 0 Å². The Labute approximate surface area is 116 Å². The first-order valence-electron chi connectivity index (χ1n) is 6.61. The molecule has 0 unspecified atom stereocenters. The van der Waals surface area contributed by atoms with Crippen molar-refractivity contribution in [3.05, 3.63) is 63.2 Å². The quantitative estimate of drug-likeness (QED) is 0.803. The number of hydrogen-bond acceptors (Lipinski definition) is 4. The molecule has 0 saturated heterocycles. The molecule has 0 saturated carbocycles. The van der Waals surface area contributed by atoms with Gasteiger partial charge in [0.25, 0.3) is 5.56 Å². The molecule has 0 aliphatic rings. The number of aryl methyl sites for hydroxylation is 2. The van der Waals surface area contributed by atoms with Crippen LogP contribution in [0.2, 0.25) is 0 Å². The summed E-state index contributed by atoms with van der Waals surface area (Å²) < 4.78 is 2.79. The Morgan fingerprint density at radius 2 is 1.85 bits per heavy atom. The Hall–Kier alpha value is -2.21. The van der Waals surface area contributed by atoms with E-state index in [0.29, 0.717) is 26.1 Å². The predicted octanol–water partition coefficient (Wildman–Crippen LogP) is -0.00350. The summed E-state index contributed by atoms with van der Waals surface area (Å²) in [5.41, 5.74) is 5.97. The van der Waals surface area contributed by atoms with Crippen LogP contribution in [-0.4, -0.2) is 20.7 Å². The molecule has 2 aromatic rings. The third kappa shape index (κ3) is 3.42. The Kier molecular flexibility index (Phi) is 4.84. The molecule has 106 valence electrons. The van der Waals surface area contributed by atoms with Crippen molar-refractivity contribution in [2.75, 3.05) is 6.54 Å². The minimum Gasteiger partial charge on any atom is -0.330 e. The third-order valence-electron chi connectivity index (χ3n) is 3.12. The van der Waals surface area contributed by atoms with Crippen molar-refractivity contribution < 1.29 is 0 Å². The van der Waals surface area contributed by atoms with Crippen molar-refractivity contribution in [1.82, 2.24) is 14.1 Å². The maximum atomic E-state index is 12.2. The summed E-state index contributed by atoms with van der Waals surface area (Å²) in [5, 5.41) is 0. The number of hydrogen-bond donors (Lipinski definition) is 1. The van der Waals surface area contributed by atoms with E-state index < -0.39 is 0 Å². The van der Waals surface area contributed by atoms with Gasteiger partial charge in [0.15, 0.2) is 0 Å². The van der Waals surface area contributed by atoms with Crippen LogP contribution in [0.4, 0.5) is 0 Å². The molecule has 20 heavy (non-hydrogen) atoms. The van der Waals surface area contributed by atoms with Crippen LogP contribution in [0.25, 0.3) is 0 Å². The second-order valence-electron chi connectivity index (χ2n) is 4.53. The lowest BCUT2D eigenvalue weighted by molar-refractivity contribution is 0.536. The summed E-state index contributed by atoms with van der Waals surface area (Å²) in [6, 6.07) is 5.25. The monoisotopic (exact) mass is 274 g/mol. The summed E-state index contributed by atoms with van der Waals surface area (Å²) >= 11 is 0. The maximum absolute atomic E-state index is 12.2. The number of nitrogens with two attached hydrogens (primary N) is 1. The highest BCUT2D eigenvalue weighted by Crippen LogP contribution is 1.98. The van der Waals surface area contributed by atoms with Crippen molar-refractivity contribution in [2.24, 2.45) is 5.73 Å². The average Bonchev–Trinajstić information content (AvgIpc) is 2.47. The standard InChI is InChI=1S/C14H18N4O2/c15-6-1-9-18-13(19)5-11-17(14(18)20)10-4-12-2-7-16-8-3-12/h2-3,5,7-8,11H,1,4,6,9-10,15H2. The Bertz CT molecular complexity index is 661. The minimum atomic E-state index is -0.278. The lowest BCUT2D eigenvalue weighted by atomic mass is 10.2. The van der Waals surface area contributed by atoms with Gasteiger partial charge in [0.1, 0.15) is 0 Å². The van der Waals surface area contributed by atoms with Gasteiger partial charge in [-0.1, -0.05) is 0 Å². The molecule has 6 nitrogen and oxygen atoms in total. The average molecular weight is 274 g/mol. The molecule has 0 aliphatic carbocycles. The zero-order valence-corrected chi connectivity index (χ0v) is 11.2. The zero-order chi connectivity index (χ0) is 14.4. The molecular weight excluding hydrogens is 256 g/mol. The normalized spacial score (nSPS) is 10.7. The van der Waals surface area contributed by atoms with Crippen LogP contribution in [0.5, 0.6) is 0 Å². The van der Waals surface area contributed by atoms with E-state index in [2.05, 4.69) is 4.98 Å². The number of aromatic nitrogens is 3. The number of rotatable bonds is 6. The molecule has 2 heterocycles. The minimum absolute atomic E-state index is 0.274. The predicted molar refractivity (Wildman–Crippen MR) is 76.6 cm³/mol. The van der Waals surface area contributed by atoms with E-state index >= 15 is 0 Å². The summed E-state index contributed by atoms with van der Waals surface area (Å²) in [5.74, 6) is 0. The van der Waals surface area contributed by atoms with Crippen LogP contribution >= 0.6 is 0 Å². The second kappa shape index (κ2) is 6.81. The van der Waals surface area contributed by atoms with Crippen LogP contribution in [0.15, 0.2) is 46.4 Å². The molecule has 2 rings (SSSR count). The fraction of sp³-hybridized carbons (Fsp3) is 0.357. The van der Waals surface area contributed by atoms with E-state index in [1.807, 2.05) is 12.1 Å². The van der Waals surface area contributed by atoms with Gasteiger partial charge in [-0.15, -0.1) is 0 Å². The Balaban J connectivity index is 2.16. The van der Waals surface area contributed by atoms with Crippen LogP contribution in [-0.2, 0) is 19.5 Å². The van der Waals surface area contributed by atoms with Gasteiger partial charge in [-0.2, -0.15) is 0 Å². The summed E-state index contributed by atoms with van der Waals surface area (Å²) in [6.45, 7) is 1.35. The van der Waals surface area contributed by atoms with Crippen molar-refractivity contribution in [3.63, 3.8) is 0 Å². The summed E-state index contributed by atoms with van der Waals surface area (Å²) in [6.07, 6.45) is 6.33. The largest absolute Gasteiger partial charge is 0.330 e. The highest BCUT2D eigenvalue weighted by atomic mass is 16.2. The zero-order valence-electron chi connectivity index (χ0n) is 11.2. The topological polar surface area (TPSA) is 82.9 Å². The Morgan fingerprint density at radius 3 is 2.55 bits per heavy atom. The SMILES string of the molecule is NCCCn1c(=O)ccn(CCc2ccncc2)c1=O. The highest BCUT2D eigenvalue weighted by molar-refractivity contribution is 5.09. The molecule has 0 radical (unpaired) electrons. The summed E-state index contributed by atoms with van der Waals surface area (Å²) in [7, 11) is 0. The van der Waals surface area contributed by atoms with Gasteiger partial charge in [-0.3, -0.25) is 14.3 Å². The van der Waals surface area contributed by atoms with Crippen LogP contribution < -0.4 is 17.0 Å². The van der Waals surface area contributed by atoms with Crippen LogP contribution in [0.3, 0.4) is 0 Å². The molecule has 0 fully saturated rings. The van der Waals surface area contributed by atoms with Gasteiger partial charge in [-0.05, 0) is 37.1 Å². The van der Waals surface area contributed by atoms with Gasteiger partial charge >= 0.3 is 5.69 Å². The molecule has 0 aliphatic heterocycles. The van der Waals surface area contributed by atoms with Crippen molar-refractivity contribution in [3.8, 4) is 0 Å². The smallest absolute Gasteiger partial charge is 0.330 e. The molecule has 0 atom stereocenters. The molecule has 2 N–H and O–H groups in total. The fourth-order valence-corrected chi connectivity index (χ4v) is 1.98. The fourth-order valence-electron chi connectivity index (χ4n) is 1.98. The first-order valence-corrected chi connectivity index (χ1v) is 6.61. The molecule has 0 aromatic carbocycles.